The molecular formula is C19H25FN2O3. The van der Waals surface area contributed by atoms with Gasteiger partial charge in [-0.25, -0.2) is 4.39 Å². The highest BCUT2D eigenvalue weighted by atomic mass is 19.1. The van der Waals surface area contributed by atoms with Gasteiger partial charge in [-0.15, -0.1) is 0 Å². The quantitative estimate of drug-likeness (QED) is 0.827. The fraction of sp³-hybridized carbons (Fsp3) is 0.579. The lowest BCUT2D eigenvalue weighted by Gasteiger charge is -2.30. The highest BCUT2D eigenvalue weighted by Crippen LogP contribution is 2.40. The van der Waals surface area contributed by atoms with Gasteiger partial charge in [0.25, 0.3) is 0 Å². The summed E-state index contributed by atoms with van der Waals surface area (Å²) < 4.78 is 13.2. The van der Waals surface area contributed by atoms with Crippen LogP contribution in [0.1, 0.15) is 37.7 Å². The number of carbonyl (C=O) groups is 2. The average molecular weight is 348 g/mol. The standard InChI is InChI=1S/C19H25FN2O3/c20-16-5-3-15(4-6-16)19(8-1-2-9-19)13-21-17(23)12-22-10-7-14(11-22)18(24)25/h3-6,14H,1-2,7-13H2,(H,21,23)(H,24,25). The molecule has 25 heavy (non-hydrogen) atoms. The topological polar surface area (TPSA) is 69.6 Å². The van der Waals surface area contributed by atoms with E-state index in [1.807, 2.05) is 17.0 Å². The van der Waals surface area contributed by atoms with Crippen LogP contribution in [0.3, 0.4) is 0 Å². The third kappa shape index (κ3) is 4.18. The van der Waals surface area contributed by atoms with Crippen LogP contribution in [-0.2, 0) is 15.0 Å². The van der Waals surface area contributed by atoms with Crippen LogP contribution in [-0.4, -0.2) is 48.1 Å². The predicted molar refractivity (Wildman–Crippen MR) is 91.7 cm³/mol. The summed E-state index contributed by atoms with van der Waals surface area (Å²) in [5.74, 6) is -1.47. The maximum Gasteiger partial charge on any atom is 0.307 e. The van der Waals surface area contributed by atoms with Gasteiger partial charge >= 0.3 is 5.97 Å². The van der Waals surface area contributed by atoms with Gasteiger partial charge in [0.2, 0.25) is 5.91 Å². The fourth-order valence-corrected chi connectivity index (χ4v) is 4.13. The molecule has 1 amide bonds. The summed E-state index contributed by atoms with van der Waals surface area (Å²) in [4.78, 5) is 25.2. The molecule has 2 aliphatic rings. The molecule has 6 heteroatoms. The van der Waals surface area contributed by atoms with Crippen LogP contribution in [0.15, 0.2) is 24.3 Å². The number of carbonyl (C=O) groups excluding carboxylic acids is 1. The Kier molecular flexibility index (Phi) is 5.37. The van der Waals surface area contributed by atoms with Crippen molar-refractivity contribution in [1.82, 2.24) is 10.2 Å². The largest absolute Gasteiger partial charge is 0.481 e. The van der Waals surface area contributed by atoms with Crippen LogP contribution in [0.25, 0.3) is 0 Å². The van der Waals surface area contributed by atoms with Gasteiger partial charge in [0.15, 0.2) is 0 Å². The average Bonchev–Trinajstić information content (AvgIpc) is 3.24. The first-order valence-electron chi connectivity index (χ1n) is 8.96. The SMILES string of the molecule is O=C(CN1CCC(C(=O)O)C1)NCC1(c2ccc(F)cc2)CCCC1. The second-order valence-corrected chi connectivity index (χ2v) is 7.33. The number of amides is 1. The minimum atomic E-state index is -0.788. The van der Waals surface area contributed by atoms with Crippen LogP contribution >= 0.6 is 0 Å². The number of carboxylic acids is 1. The lowest BCUT2D eigenvalue weighted by atomic mass is 9.79. The van der Waals surface area contributed by atoms with Gasteiger partial charge in [-0.3, -0.25) is 14.5 Å². The zero-order valence-corrected chi connectivity index (χ0v) is 14.3. The van der Waals surface area contributed by atoms with E-state index in [1.165, 1.54) is 12.1 Å². The second-order valence-electron chi connectivity index (χ2n) is 7.33. The van der Waals surface area contributed by atoms with Crippen molar-refractivity contribution in [3.05, 3.63) is 35.6 Å². The number of benzene rings is 1. The summed E-state index contributed by atoms with van der Waals surface area (Å²) >= 11 is 0. The molecule has 1 atom stereocenters. The molecule has 0 spiro atoms. The lowest BCUT2D eigenvalue weighted by molar-refractivity contribution is -0.141. The molecule has 2 N–H and O–H groups in total. The number of nitrogens with one attached hydrogen (secondary N) is 1. The summed E-state index contributed by atoms with van der Waals surface area (Å²) in [6.07, 6.45) is 4.80. The van der Waals surface area contributed by atoms with Crippen LogP contribution < -0.4 is 5.32 Å². The first kappa shape index (κ1) is 17.9. The summed E-state index contributed by atoms with van der Waals surface area (Å²) in [5, 5.41) is 12.1. The summed E-state index contributed by atoms with van der Waals surface area (Å²) in [6, 6.07) is 6.61. The van der Waals surface area contributed by atoms with Crippen molar-refractivity contribution in [2.75, 3.05) is 26.2 Å². The normalized spacial score (nSPS) is 22.8. The molecule has 1 aliphatic carbocycles. The monoisotopic (exact) mass is 348 g/mol. The fourth-order valence-electron chi connectivity index (χ4n) is 4.13. The van der Waals surface area contributed by atoms with Gasteiger partial charge in [0.1, 0.15) is 5.82 Å². The van der Waals surface area contributed by atoms with Crippen LogP contribution in [0.4, 0.5) is 4.39 Å². The molecule has 1 saturated carbocycles. The van der Waals surface area contributed by atoms with Crippen molar-refractivity contribution >= 4 is 11.9 Å². The number of hydrogen-bond acceptors (Lipinski definition) is 3. The smallest absolute Gasteiger partial charge is 0.307 e. The summed E-state index contributed by atoms with van der Waals surface area (Å²) in [5.41, 5.74) is 0.969. The van der Waals surface area contributed by atoms with Gasteiger partial charge in [0.05, 0.1) is 12.5 Å². The summed E-state index contributed by atoms with van der Waals surface area (Å²) in [6.45, 7) is 1.87. The molecule has 0 bridgehead atoms. The Bertz CT molecular complexity index is 626. The van der Waals surface area contributed by atoms with E-state index in [9.17, 15) is 14.0 Å². The number of nitrogens with zero attached hydrogens (tertiary/aromatic N) is 1. The van der Waals surface area contributed by atoms with E-state index in [2.05, 4.69) is 5.32 Å². The van der Waals surface area contributed by atoms with E-state index in [-0.39, 0.29) is 29.6 Å². The zero-order valence-electron chi connectivity index (χ0n) is 14.3. The van der Waals surface area contributed by atoms with E-state index >= 15 is 0 Å². The molecule has 0 aromatic heterocycles. The highest BCUT2D eigenvalue weighted by molar-refractivity contribution is 5.78. The molecule has 0 radical (unpaired) electrons. The van der Waals surface area contributed by atoms with Gasteiger partial charge in [-0.05, 0) is 43.5 Å². The van der Waals surface area contributed by atoms with Gasteiger partial charge in [-0.1, -0.05) is 25.0 Å². The number of rotatable bonds is 6. The molecule has 1 aromatic carbocycles. The Labute approximate surface area is 147 Å². The van der Waals surface area contributed by atoms with Crippen molar-refractivity contribution in [2.24, 2.45) is 5.92 Å². The maximum absolute atomic E-state index is 13.2. The lowest BCUT2D eigenvalue weighted by Crippen LogP contribution is -2.43. The Morgan fingerprint density at radius 1 is 1.24 bits per heavy atom. The third-order valence-corrected chi connectivity index (χ3v) is 5.63. The predicted octanol–water partition coefficient (Wildman–Crippen LogP) is 2.16. The first-order valence-corrected chi connectivity index (χ1v) is 8.96. The zero-order chi connectivity index (χ0) is 17.9. The minimum absolute atomic E-state index is 0.0700. The molecular weight excluding hydrogens is 323 g/mol. The summed E-state index contributed by atoms with van der Waals surface area (Å²) in [7, 11) is 0. The molecule has 2 fully saturated rings. The van der Waals surface area contributed by atoms with Crippen LogP contribution in [0, 0.1) is 11.7 Å². The number of carboxylic acid groups (broad SMARTS) is 1. The molecule has 5 nitrogen and oxygen atoms in total. The van der Waals surface area contributed by atoms with Crippen LogP contribution in [0.2, 0.25) is 0 Å². The van der Waals surface area contributed by atoms with E-state index in [4.69, 9.17) is 5.11 Å². The van der Waals surface area contributed by atoms with Crippen LogP contribution in [0.5, 0.6) is 0 Å². The van der Waals surface area contributed by atoms with Gasteiger partial charge < -0.3 is 10.4 Å². The van der Waals surface area contributed by atoms with E-state index in [0.29, 0.717) is 26.1 Å². The molecule has 136 valence electrons. The molecule has 1 aromatic rings. The highest BCUT2D eigenvalue weighted by Gasteiger charge is 2.36. The van der Waals surface area contributed by atoms with E-state index in [0.717, 1.165) is 31.2 Å². The van der Waals surface area contributed by atoms with Crippen molar-refractivity contribution in [3.63, 3.8) is 0 Å². The Balaban J connectivity index is 1.56. The van der Waals surface area contributed by atoms with Crippen molar-refractivity contribution in [2.45, 2.75) is 37.5 Å². The van der Waals surface area contributed by atoms with Gasteiger partial charge in [-0.2, -0.15) is 0 Å². The molecule has 1 aliphatic heterocycles. The number of hydrogen-bond donors (Lipinski definition) is 2. The Morgan fingerprint density at radius 3 is 2.52 bits per heavy atom. The van der Waals surface area contributed by atoms with Crippen molar-refractivity contribution in [3.8, 4) is 0 Å². The number of likely N-dealkylation sites (tertiary alicyclic amines) is 1. The van der Waals surface area contributed by atoms with Gasteiger partial charge in [0, 0.05) is 18.5 Å². The molecule has 3 rings (SSSR count). The maximum atomic E-state index is 13.2. The molecule has 1 heterocycles. The number of aliphatic carboxylic acids is 1. The first-order chi connectivity index (χ1) is 12.0. The molecule has 1 saturated heterocycles. The Morgan fingerprint density at radius 2 is 1.92 bits per heavy atom. The van der Waals surface area contributed by atoms with E-state index < -0.39 is 5.97 Å². The second kappa shape index (κ2) is 7.52. The minimum Gasteiger partial charge on any atom is -0.481 e. The Hall–Kier alpha value is -1.95. The van der Waals surface area contributed by atoms with E-state index in [1.54, 1.807) is 0 Å². The third-order valence-electron chi connectivity index (χ3n) is 5.63. The van der Waals surface area contributed by atoms with Crippen molar-refractivity contribution in [1.29, 1.82) is 0 Å². The van der Waals surface area contributed by atoms with Crippen molar-refractivity contribution < 1.29 is 19.1 Å². The number of halogens is 1. The molecule has 1 unspecified atom stereocenters.